The van der Waals surface area contributed by atoms with Crippen LogP contribution in [0.15, 0.2) is 54.6 Å². The lowest BCUT2D eigenvalue weighted by Crippen LogP contribution is -2.21. The molecule has 1 unspecified atom stereocenters. The summed E-state index contributed by atoms with van der Waals surface area (Å²) in [6.45, 7) is 0.667. The van der Waals surface area contributed by atoms with Crippen LogP contribution in [0, 0.1) is 5.82 Å². The Morgan fingerprint density at radius 2 is 1.89 bits per heavy atom. The van der Waals surface area contributed by atoms with Crippen LogP contribution in [0.5, 0.6) is 5.75 Å². The van der Waals surface area contributed by atoms with Gasteiger partial charge in [0.2, 0.25) is 0 Å². The lowest BCUT2D eigenvalue weighted by Gasteiger charge is -2.19. The van der Waals surface area contributed by atoms with Crippen molar-refractivity contribution in [3.63, 3.8) is 0 Å². The van der Waals surface area contributed by atoms with Crippen molar-refractivity contribution >= 4 is 0 Å². The Bertz CT molecular complexity index is 487. The maximum absolute atomic E-state index is 13.1. The Morgan fingerprint density at radius 1 is 1.11 bits per heavy atom. The molecule has 0 aliphatic heterocycles. The van der Waals surface area contributed by atoms with E-state index in [1.807, 2.05) is 37.4 Å². The Balaban J connectivity index is 2.16. The van der Waals surface area contributed by atoms with Crippen molar-refractivity contribution in [3.8, 4) is 5.75 Å². The molecule has 0 fully saturated rings. The Kier molecular flexibility index (Phi) is 4.31. The molecule has 0 saturated carbocycles. The summed E-state index contributed by atoms with van der Waals surface area (Å²) in [5.41, 5.74) is 1.07. The minimum Gasteiger partial charge on any atom is -0.484 e. The van der Waals surface area contributed by atoms with Crippen LogP contribution in [0.3, 0.4) is 0 Å². The molecule has 0 aliphatic rings. The second kappa shape index (κ2) is 6.17. The van der Waals surface area contributed by atoms with E-state index in [9.17, 15) is 4.39 Å². The number of nitrogens with one attached hydrogen (secondary N) is 1. The first-order valence-corrected chi connectivity index (χ1v) is 5.91. The van der Waals surface area contributed by atoms with Crippen LogP contribution in [0.2, 0.25) is 0 Å². The van der Waals surface area contributed by atoms with Crippen molar-refractivity contribution in [2.24, 2.45) is 0 Å². The number of hydrogen-bond donors (Lipinski definition) is 1. The topological polar surface area (TPSA) is 21.3 Å². The number of rotatable bonds is 5. The first kappa shape index (κ1) is 12.6. The molecule has 94 valence electrons. The van der Waals surface area contributed by atoms with Gasteiger partial charge in [-0.1, -0.05) is 36.4 Å². The van der Waals surface area contributed by atoms with Crippen LogP contribution < -0.4 is 10.1 Å². The van der Waals surface area contributed by atoms with Crippen molar-refractivity contribution in [2.75, 3.05) is 13.6 Å². The normalized spacial score (nSPS) is 12.1. The fraction of sp³-hybridized carbons (Fsp3) is 0.200. The van der Waals surface area contributed by atoms with Gasteiger partial charge in [0.05, 0.1) is 0 Å². The Labute approximate surface area is 106 Å². The molecule has 2 aromatic carbocycles. The summed E-state index contributed by atoms with van der Waals surface area (Å²) in [5, 5.41) is 3.08. The van der Waals surface area contributed by atoms with Crippen molar-refractivity contribution in [2.45, 2.75) is 6.10 Å². The number of halogens is 1. The summed E-state index contributed by atoms with van der Waals surface area (Å²) in [6.07, 6.45) is -0.127. The van der Waals surface area contributed by atoms with Gasteiger partial charge >= 0.3 is 0 Å². The molecule has 3 heteroatoms. The van der Waals surface area contributed by atoms with Crippen LogP contribution in [-0.2, 0) is 0 Å². The summed E-state index contributed by atoms with van der Waals surface area (Å²) in [7, 11) is 1.87. The molecule has 1 atom stereocenters. The molecule has 2 nitrogen and oxygen atoms in total. The van der Waals surface area contributed by atoms with Gasteiger partial charge in [-0.05, 0) is 24.7 Å². The number of ether oxygens (including phenoxy) is 1. The average molecular weight is 245 g/mol. The summed E-state index contributed by atoms with van der Waals surface area (Å²) in [6, 6.07) is 16.1. The first-order chi connectivity index (χ1) is 8.79. The Morgan fingerprint density at radius 3 is 2.56 bits per heavy atom. The summed E-state index contributed by atoms with van der Waals surface area (Å²) in [4.78, 5) is 0. The predicted molar refractivity (Wildman–Crippen MR) is 70.1 cm³/mol. The van der Waals surface area contributed by atoms with E-state index in [2.05, 4.69) is 5.32 Å². The maximum atomic E-state index is 13.1. The summed E-state index contributed by atoms with van der Waals surface area (Å²) < 4.78 is 18.9. The smallest absolute Gasteiger partial charge is 0.136 e. The van der Waals surface area contributed by atoms with E-state index in [0.29, 0.717) is 12.3 Å². The largest absolute Gasteiger partial charge is 0.484 e. The second-order valence-corrected chi connectivity index (χ2v) is 4.03. The van der Waals surface area contributed by atoms with E-state index in [0.717, 1.165) is 5.56 Å². The molecule has 0 spiro atoms. The van der Waals surface area contributed by atoms with E-state index in [-0.39, 0.29) is 11.9 Å². The molecular weight excluding hydrogens is 229 g/mol. The van der Waals surface area contributed by atoms with Gasteiger partial charge in [-0.25, -0.2) is 4.39 Å². The molecule has 2 aromatic rings. The van der Waals surface area contributed by atoms with E-state index in [1.54, 1.807) is 12.1 Å². The van der Waals surface area contributed by atoms with E-state index in [4.69, 9.17) is 4.74 Å². The van der Waals surface area contributed by atoms with Gasteiger partial charge in [0.1, 0.15) is 17.7 Å². The van der Waals surface area contributed by atoms with Crippen molar-refractivity contribution in [1.82, 2.24) is 5.32 Å². The minimum absolute atomic E-state index is 0.127. The molecule has 0 heterocycles. The van der Waals surface area contributed by atoms with Crippen molar-refractivity contribution < 1.29 is 9.13 Å². The van der Waals surface area contributed by atoms with E-state index < -0.39 is 0 Å². The van der Waals surface area contributed by atoms with E-state index in [1.165, 1.54) is 12.1 Å². The molecule has 0 bridgehead atoms. The third-order valence-electron chi connectivity index (χ3n) is 2.64. The molecule has 0 amide bonds. The maximum Gasteiger partial charge on any atom is 0.136 e. The second-order valence-electron chi connectivity index (χ2n) is 4.03. The zero-order valence-corrected chi connectivity index (χ0v) is 10.3. The number of benzene rings is 2. The van der Waals surface area contributed by atoms with Gasteiger partial charge in [-0.2, -0.15) is 0 Å². The highest BCUT2D eigenvalue weighted by Crippen LogP contribution is 2.22. The molecule has 2 rings (SSSR count). The van der Waals surface area contributed by atoms with Gasteiger partial charge in [-0.15, -0.1) is 0 Å². The third kappa shape index (κ3) is 3.31. The SMILES string of the molecule is CNCC(Oc1cccc(F)c1)c1ccccc1. The van der Waals surface area contributed by atoms with Gasteiger partial charge in [0.15, 0.2) is 0 Å². The molecule has 0 saturated heterocycles. The van der Waals surface area contributed by atoms with Crippen molar-refractivity contribution in [1.29, 1.82) is 0 Å². The van der Waals surface area contributed by atoms with Crippen LogP contribution in [0.4, 0.5) is 4.39 Å². The zero-order valence-electron chi connectivity index (χ0n) is 10.3. The highest BCUT2D eigenvalue weighted by molar-refractivity contribution is 5.25. The third-order valence-corrected chi connectivity index (χ3v) is 2.64. The van der Waals surface area contributed by atoms with Gasteiger partial charge in [0.25, 0.3) is 0 Å². The van der Waals surface area contributed by atoms with Crippen LogP contribution in [-0.4, -0.2) is 13.6 Å². The zero-order chi connectivity index (χ0) is 12.8. The summed E-state index contributed by atoms with van der Waals surface area (Å²) >= 11 is 0. The number of likely N-dealkylation sites (N-methyl/N-ethyl adjacent to an activating group) is 1. The fourth-order valence-corrected chi connectivity index (χ4v) is 1.79. The quantitative estimate of drug-likeness (QED) is 0.873. The Hall–Kier alpha value is -1.87. The minimum atomic E-state index is -0.288. The highest BCUT2D eigenvalue weighted by atomic mass is 19.1. The molecule has 0 aromatic heterocycles. The lowest BCUT2D eigenvalue weighted by atomic mass is 10.1. The highest BCUT2D eigenvalue weighted by Gasteiger charge is 2.12. The van der Waals surface area contributed by atoms with Crippen LogP contribution in [0.1, 0.15) is 11.7 Å². The number of hydrogen-bond acceptors (Lipinski definition) is 2. The van der Waals surface area contributed by atoms with Crippen LogP contribution >= 0.6 is 0 Å². The average Bonchev–Trinajstić information content (AvgIpc) is 2.39. The fourth-order valence-electron chi connectivity index (χ4n) is 1.79. The first-order valence-electron chi connectivity index (χ1n) is 5.91. The van der Waals surface area contributed by atoms with Crippen LogP contribution in [0.25, 0.3) is 0 Å². The monoisotopic (exact) mass is 245 g/mol. The predicted octanol–water partition coefficient (Wildman–Crippen LogP) is 3.17. The summed E-state index contributed by atoms with van der Waals surface area (Å²) in [5.74, 6) is 0.253. The molecular formula is C15H16FNO. The molecule has 0 radical (unpaired) electrons. The molecule has 18 heavy (non-hydrogen) atoms. The molecule has 1 N–H and O–H groups in total. The van der Waals surface area contributed by atoms with E-state index >= 15 is 0 Å². The van der Waals surface area contributed by atoms with Crippen molar-refractivity contribution in [3.05, 3.63) is 66.0 Å². The molecule has 0 aliphatic carbocycles. The van der Waals surface area contributed by atoms with Gasteiger partial charge in [0, 0.05) is 12.6 Å². The lowest BCUT2D eigenvalue weighted by molar-refractivity contribution is 0.204. The standard InChI is InChI=1S/C15H16FNO/c1-17-11-15(12-6-3-2-4-7-12)18-14-9-5-8-13(16)10-14/h2-10,15,17H,11H2,1H3. The van der Waals surface area contributed by atoms with Gasteiger partial charge in [-0.3, -0.25) is 0 Å². The van der Waals surface area contributed by atoms with Gasteiger partial charge < -0.3 is 10.1 Å².